The van der Waals surface area contributed by atoms with Crippen molar-refractivity contribution in [2.75, 3.05) is 6.61 Å². The van der Waals surface area contributed by atoms with Gasteiger partial charge >= 0.3 is 0 Å². The van der Waals surface area contributed by atoms with E-state index in [-0.39, 0.29) is 11.3 Å². The molecule has 3 rings (SSSR count). The molecule has 2 bridgehead atoms. The summed E-state index contributed by atoms with van der Waals surface area (Å²) < 4.78 is 6.04. The summed E-state index contributed by atoms with van der Waals surface area (Å²) in [5, 5.41) is 3.44. The van der Waals surface area contributed by atoms with Gasteiger partial charge in [-0.1, -0.05) is 27.7 Å². The van der Waals surface area contributed by atoms with Gasteiger partial charge in [0, 0.05) is 19.1 Å². The highest BCUT2D eigenvalue weighted by Crippen LogP contribution is 2.68. The van der Waals surface area contributed by atoms with E-state index in [2.05, 4.69) is 33.0 Å². The van der Waals surface area contributed by atoms with Gasteiger partial charge in [0.25, 0.3) is 0 Å². The third kappa shape index (κ3) is 2.15. The molecule has 1 spiro atoms. The molecular weight excluding hydrogens is 262 g/mol. The van der Waals surface area contributed by atoms with Crippen molar-refractivity contribution in [2.24, 2.45) is 22.7 Å². The molecule has 3 aliphatic rings. The Labute approximate surface area is 129 Å². The fourth-order valence-electron chi connectivity index (χ4n) is 5.77. The van der Waals surface area contributed by atoms with Crippen molar-refractivity contribution in [2.45, 2.75) is 78.4 Å². The summed E-state index contributed by atoms with van der Waals surface area (Å²) in [6.45, 7) is 9.93. The molecule has 21 heavy (non-hydrogen) atoms. The predicted molar refractivity (Wildman–Crippen MR) is 83.9 cm³/mol. The zero-order chi connectivity index (χ0) is 15.3. The van der Waals surface area contributed by atoms with Gasteiger partial charge in [0.05, 0.1) is 6.10 Å². The van der Waals surface area contributed by atoms with E-state index in [0.29, 0.717) is 29.9 Å². The van der Waals surface area contributed by atoms with Gasteiger partial charge in [-0.2, -0.15) is 0 Å². The molecule has 1 saturated heterocycles. The molecule has 3 heteroatoms. The summed E-state index contributed by atoms with van der Waals surface area (Å²) in [5.41, 5.74) is 0.534. The standard InChI is InChI=1S/C18H31NO2/c1-5-7-15(20)19-16-17(3,4)12-10-13-14(6-2)21-9-8-18(13,16)11-12/h12-14,16H,5-11H2,1-4H3,(H,19,20)/t12-,13-,14-,16-,18-/m1/s1. The molecule has 1 aliphatic heterocycles. The molecule has 2 aliphatic carbocycles. The zero-order valence-corrected chi connectivity index (χ0v) is 14.1. The highest BCUT2D eigenvalue weighted by molar-refractivity contribution is 5.76. The van der Waals surface area contributed by atoms with Crippen LogP contribution < -0.4 is 5.32 Å². The Hall–Kier alpha value is -0.570. The fourth-order valence-corrected chi connectivity index (χ4v) is 5.77. The number of rotatable bonds is 4. The minimum Gasteiger partial charge on any atom is -0.378 e. The van der Waals surface area contributed by atoms with Crippen LogP contribution in [-0.2, 0) is 9.53 Å². The summed E-state index contributed by atoms with van der Waals surface area (Å²) in [5.74, 6) is 1.64. The van der Waals surface area contributed by atoms with E-state index in [1.807, 2.05) is 0 Å². The van der Waals surface area contributed by atoms with Crippen LogP contribution in [0.15, 0.2) is 0 Å². The van der Waals surface area contributed by atoms with Crippen LogP contribution in [0.4, 0.5) is 0 Å². The molecule has 1 heterocycles. The second-order valence-electron chi connectivity index (χ2n) is 8.12. The van der Waals surface area contributed by atoms with Crippen molar-refractivity contribution >= 4 is 5.91 Å². The Bertz CT molecular complexity index is 419. The second kappa shape index (κ2) is 5.26. The molecule has 0 aromatic carbocycles. The lowest BCUT2D eigenvalue weighted by Crippen LogP contribution is -2.60. The highest BCUT2D eigenvalue weighted by Gasteiger charge is 2.68. The summed E-state index contributed by atoms with van der Waals surface area (Å²) >= 11 is 0. The summed E-state index contributed by atoms with van der Waals surface area (Å²) in [6.07, 6.45) is 6.82. The molecule has 0 unspecified atom stereocenters. The molecule has 0 aromatic heterocycles. The number of hydrogen-bond acceptors (Lipinski definition) is 2. The van der Waals surface area contributed by atoms with Crippen molar-refractivity contribution in [1.82, 2.24) is 5.32 Å². The van der Waals surface area contributed by atoms with Gasteiger partial charge in [-0.3, -0.25) is 4.79 Å². The van der Waals surface area contributed by atoms with Gasteiger partial charge in [0.1, 0.15) is 0 Å². The van der Waals surface area contributed by atoms with Crippen LogP contribution in [0, 0.1) is 22.7 Å². The van der Waals surface area contributed by atoms with Gasteiger partial charge < -0.3 is 10.1 Å². The minimum absolute atomic E-state index is 0.232. The van der Waals surface area contributed by atoms with Crippen LogP contribution in [0.5, 0.6) is 0 Å². The van der Waals surface area contributed by atoms with Gasteiger partial charge in [-0.05, 0) is 54.8 Å². The molecule has 3 fully saturated rings. The number of fused-ring (bicyclic) bond motifs is 1. The second-order valence-corrected chi connectivity index (χ2v) is 8.12. The predicted octanol–water partition coefficient (Wildman–Crippen LogP) is 3.52. The lowest BCUT2D eigenvalue weighted by Gasteiger charge is -2.53. The Balaban J connectivity index is 1.88. The number of ether oxygens (including phenoxy) is 1. The average Bonchev–Trinajstić information content (AvgIpc) is 2.92. The van der Waals surface area contributed by atoms with E-state index < -0.39 is 0 Å². The Morgan fingerprint density at radius 3 is 2.76 bits per heavy atom. The first-order valence-electron chi connectivity index (χ1n) is 8.86. The number of hydrogen-bond donors (Lipinski definition) is 1. The van der Waals surface area contributed by atoms with Crippen LogP contribution in [0.1, 0.15) is 66.2 Å². The maximum Gasteiger partial charge on any atom is 0.220 e. The summed E-state index contributed by atoms with van der Waals surface area (Å²) in [6, 6.07) is 0.339. The topological polar surface area (TPSA) is 38.3 Å². The van der Waals surface area contributed by atoms with E-state index >= 15 is 0 Å². The first-order chi connectivity index (χ1) is 9.95. The molecular formula is C18H31NO2. The molecule has 1 N–H and O–H groups in total. The lowest BCUT2D eigenvalue weighted by atomic mass is 9.59. The van der Waals surface area contributed by atoms with E-state index in [9.17, 15) is 4.79 Å². The van der Waals surface area contributed by atoms with E-state index in [1.165, 1.54) is 12.8 Å². The van der Waals surface area contributed by atoms with Crippen LogP contribution in [0.3, 0.4) is 0 Å². The largest absolute Gasteiger partial charge is 0.378 e. The normalized spacial score (nSPS) is 43.6. The Morgan fingerprint density at radius 1 is 1.33 bits per heavy atom. The fraction of sp³-hybridized carbons (Fsp3) is 0.944. The van der Waals surface area contributed by atoms with Crippen molar-refractivity contribution < 1.29 is 9.53 Å². The van der Waals surface area contributed by atoms with Crippen molar-refractivity contribution in [3.05, 3.63) is 0 Å². The van der Waals surface area contributed by atoms with E-state index in [4.69, 9.17) is 4.74 Å². The Kier molecular flexibility index (Phi) is 3.84. The van der Waals surface area contributed by atoms with Crippen LogP contribution in [0.25, 0.3) is 0 Å². The number of carbonyl (C=O) groups is 1. The molecule has 3 nitrogen and oxygen atoms in total. The maximum atomic E-state index is 12.2. The maximum absolute atomic E-state index is 12.2. The number of nitrogens with one attached hydrogen (secondary N) is 1. The quantitative estimate of drug-likeness (QED) is 0.861. The molecule has 1 amide bonds. The smallest absolute Gasteiger partial charge is 0.220 e. The molecule has 0 radical (unpaired) electrons. The molecule has 120 valence electrons. The summed E-state index contributed by atoms with van der Waals surface area (Å²) in [4.78, 5) is 12.2. The number of amides is 1. The van der Waals surface area contributed by atoms with Crippen LogP contribution in [0.2, 0.25) is 0 Å². The molecule has 5 atom stereocenters. The highest BCUT2D eigenvalue weighted by atomic mass is 16.5. The van der Waals surface area contributed by atoms with Gasteiger partial charge in [-0.15, -0.1) is 0 Å². The van der Waals surface area contributed by atoms with Crippen LogP contribution in [-0.4, -0.2) is 24.7 Å². The van der Waals surface area contributed by atoms with E-state index in [0.717, 1.165) is 31.8 Å². The summed E-state index contributed by atoms with van der Waals surface area (Å²) in [7, 11) is 0. The van der Waals surface area contributed by atoms with Crippen molar-refractivity contribution in [1.29, 1.82) is 0 Å². The van der Waals surface area contributed by atoms with Crippen LogP contribution >= 0.6 is 0 Å². The third-order valence-corrected chi connectivity index (χ3v) is 6.81. The third-order valence-electron chi connectivity index (χ3n) is 6.81. The van der Waals surface area contributed by atoms with Gasteiger partial charge in [-0.25, -0.2) is 0 Å². The first kappa shape index (κ1) is 15.3. The van der Waals surface area contributed by atoms with Gasteiger partial charge in [0.2, 0.25) is 5.91 Å². The molecule has 2 saturated carbocycles. The monoisotopic (exact) mass is 293 g/mol. The van der Waals surface area contributed by atoms with E-state index in [1.54, 1.807) is 0 Å². The van der Waals surface area contributed by atoms with Crippen molar-refractivity contribution in [3.63, 3.8) is 0 Å². The van der Waals surface area contributed by atoms with Crippen molar-refractivity contribution in [3.8, 4) is 0 Å². The SMILES string of the molecule is CCCC(=O)N[C@@H]1C(C)(C)[C@@H]2C[C@@H]3[C@@H](CC)OCC[C@@]31C2. The Morgan fingerprint density at radius 2 is 2.10 bits per heavy atom. The first-order valence-corrected chi connectivity index (χ1v) is 8.86. The van der Waals surface area contributed by atoms with Gasteiger partial charge in [0.15, 0.2) is 0 Å². The number of carbonyl (C=O) groups excluding carboxylic acids is 1. The zero-order valence-electron chi connectivity index (χ0n) is 14.1. The minimum atomic E-state index is 0.232. The molecule has 0 aromatic rings. The average molecular weight is 293 g/mol. The lowest BCUT2D eigenvalue weighted by molar-refractivity contribution is -0.136.